The number of hydrogen-bond acceptors (Lipinski definition) is 3. The zero-order valence-corrected chi connectivity index (χ0v) is 4.83. The van der Waals surface area contributed by atoms with Crippen molar-refractivity contribution >= 4 is 10.5 Å². The van der Waals surface area contributed by atoms with Crippen LogP contribution in [0.25, 0.3) is 0 Å². The summed E-state index contributed by atoms with van der Waals surface area (Å²) >= 11 is 0. The predicted molar refractivity (Wildman–Crippen MR) is 27.5 cm³/mol. The van der Waals surface area contributed by atoms with E-state index >= 15 is 0 Å². The summed E-state index contributed by atoms with van der Waals surface area (Å²) in [6.07, 6.45) is 1.75. The lowest BCUT2D eigenvalue weighted by Crippen LogP contribution is -1.34. The van der Waals surface area contributed by atoms with Crippen LogP contribution in [0.5, 0.6) is 0 Å². The Labute approximate surface area is 44.2 Å². The van der Waals surface area contributed by atoms with E-state index in [2.05, 4.69) is 6.58 Å². The minimum Gasteiger partial charge on any atom is -0.188 e. The summed E-state index contributed by atoms with van der Waals surface area (Å²) < 4.78 is 22.8. The molecule has 3 nitrogen and oxygen atoms in total. The van der Waals surface area contributed by atoms with Gasteiger partial charge in [0.05, 0.1) is 0 Å². The molecule has 0 heterocycles. The van der Waals surface area contributed by atoms with E-state index in [1.165, 1.54) is 0 Å². The lowest BCUT2D eigenvalue weighted by atomic mass is 10.8. The molecule has 0 aliphatic carbocycles. The average molecular weight is 121 g/mol. The average Bonchev–Trinajstić information content (AvgIpc) is 1.33. The van der Waals surface area contributed by atoms with Gasteiger partial charge in [-0.15, -0.1) is 6.58 Å². The maximum atomic E-state index is 8.67. The fourth-order valence-corrected chi connectivity index (χ4v) is 0. The van der Waals surface area contributed by atoms with Crippen molar-refractivity contribution in [3.05, 3.63) is 12.7 Å². The molecule has 0 saturated heterocycles. The van der Waals surface area contributed by atoms with Crippen LogP contribution in [0.1, 0.15) is 6.92 Å². The van der Waals surface area contributed by atoms with E-state index < -0.39 is 10.5 Å². The summed E-state index contributed by atoms with van der Waals surface area (Å²) in [5.74, 6) is 0. The number of nitrogens with one attached hydrogen (secondary N) is 1. The summed E-state index contributed by atoms with van der Waals surface area (Å²) in [6, 6.07) is 0. The molecule has 0 saturated carbocycles. The Balaban J connectivity index is 0. The van der Waals surface area contributed by atoms with Gasteiger partial charge in [-0.2, -0.15) is 13.2 Å². The van der Waals surface area contributed by atoms with Crippen LogP contribution >= 0.6 is 0 Å². The molecular formula is C3H7NO2S. The lowest BCUT2D eigenvalue weighted by molar-refractivity contribution is 0.620. The second-order valence-electron chi connectivity index (χ2n) is 0.643. The van der Waals surface area contributed by atoms with Crippen LogP contribution in [0.3, 0.4) is 0 Å². The Bertz CT molecular complexity index is 113. The first-order chi connectivity index (χ1) is 3.15. The van der Waals surface area contributed by atoms with Crippen molar-refractivity contribution < 1.29 is 8.42 Å². The molecule has 0 aromatic rings. The largest absolute Gasteiger partial charge is 0.308 e. The Morgan fingerprint density at radius 2 is 1.71 bits per heavy atom. The molecule has 0 aliphatic heterocycles. The van der Waals surface area contributed by atoms with E-state index in [-0.39, 0.29) is 0 Å². The molecule has 0 fully saturated rings. The highest BCUT2D eigenvalue weighted by atomic mass is 32.2. The second-order valence-corrected chi connectivity index (χ2v) is 1.11. The molecule has 42 valence electrons. The molecule has 0 atom stereocenters. The van der Waals surface area contributed by atoms with E-state index in [4.69, 9.17) is 13.2 Å². The molecule has 0 amide bonds. The molecule has 0 radical (unpaired) electrons. The quantitative estimate of drug-likeness (QED) is 0.482. The third-order valence-electron chi connectivity index (χ3n) is 0. The van der Waals surface area contributed by atoms with Crippen molar-refractivity contribution in [2.75, 3.05) is 0 Å². The van der Waals surface area contributed by atoms with E-state index in [1.54, 1.807) is 6.08 Å². The first-order valence-electron chi connectivity index (χ1n) is 1.52. The predicted octanol–water partition coefficient (Wildman–Crippen LogP) is 0.820. The minimum atomic E-state index is -2.61. The summed E-state index contributed by atoms with van der Waals surface area (Å²) in [5.41, 5.74) is 0. The summed E-state index contributed by atoms with van der Waals surface area (Å²) in [7, 11) is -2.61. The van der Waals surface area contributed by atoms with E-state index in [0.29, 0.717) is 0 Å². The second kappa shape index (κ2) is 9.03. The smallest absolute Gasteiger partial charge is 0.188 e. The minimum absolute atomic E-state index is 1.75. The van der Waals surface area contributed by atoms with Gasteiger partial charge in [0.15, 0.2) is 0 Å². The number of allylic oxidation sites excluding steroid dienone is 1. The van der Waals surface area contributed by atoms with Gasteiger partial charge in [0.1, 0.15) is 0 Å². The van der Waals surface area contributed by atoms with Gasteiger partial charge in [-0.05, 0) is 6.92 Å². The normalized spacial score (nSPS) is 5.29. The van der Waals surface area contributed by atoms with Crippen molar-refractivity contribution in [2.45, 2.75) is 6.92 Å². The van der Waals surface area contributed by atoms with Gasteiger partial charge in [0.25, 0.3) is 0 Å². The fraction of sp³-hybridized carbons (Fsp3) is 0.333. The zero-order valence-electron chi connectivity index (χ0n) is 4.01. The number of rotatable bonds is 0. The molecule has 0 spiro atoms. The Morgan fingerprint density at radius 3 is 1.71 bits per heavy atom. The van der Waals surface area contributed by atoms with Gasteiger partial charge in [-0.25, -0.2) is 0 Å². The lowest BCUT2D eigenvalue weighted by Gasteiger charge is -1.31. The highest BCUT2D eigenvalue weighted by Crippen LogP contribution is 1.38. The van der Waals surface area contributed by atoms with Crippen LogP contribution < -0.4 is 0 Å². The molecule has 0 aliphatic rings. The monoisotopic (exact) mass is 121 g/mol. The molecule has 0 bridgehead atoms. The molecule has 0 unspecified atom stereocenters. The molecule has 7 heavy (non-hydrogen) atoms. The van der Waals surface area contributed by atoms with E-state index in [0.717, 1.165) is 0 Å². The van der Waals surface area contributed by atoms with Gasteiger partial charge >= 0.3 is 10.5 Å². The van der Waals surface area contributed by atoms with Gasteiger partial charge < -0.3 is 0 Å². The van der Waals surface area contributed by atoms with Gasteiger partial charge in [-0.3, -0.25) is 0 Å². The van der Waals surface area contributed by atoms with Crippen LogP contribution in [0, 0.1) is 4.78 Å². The van der Waals surface area contributed by atoms with Crippen LogP contribution in [0.15, 0.2) is 12.7 Å². The van der Waals surface area contributed by atoms with Crippen molar-refractivity contribution in [1.82, 2.24) is 0 Å². The Hall–Kier alpha value is -0.640. The zero-order chi connectivity index (χ0) is 6.28. The van der Waals surface area contributed by atoms with E-state index in [9.17, 15) is 0 Å². The Kier molecular flexibility index (Phi) is 12.4. The van der Waals surface area contributed by atoms with Gasteiger partial charge in [-0.1, -0.05) is 6.08 Å². The molecule has 1 N–H and O–H groups in total. The van der Waals surface area contributed by atoms with Crippen LogP contribution in [0.4, 0.5) is 0 Å². The van der Waals surface area contributed by atoms with Gasteiger partial charge in [0, 0.05) is 0 Å². The van der Waals surface area contributed by atoms with Crippen LogP contribution in [0.2, 0.25) is 0 Å². The molecule has 0 rings (SSSR count). The third kappa shape index (κ3) is 148. The van der Waals surface area contributed by atoms with Crippen LogP contribution in [-0.4, -0.2) is 8.42 Å². The standard InChI is InChI=1S/C3H6.HNO2S/c1-3-2;1-4(2)3/h3H,1H2,2H3;1H. The van der Waals surface area contributed by atoms with Crippen molar-refractivity contribution in [2.24, 2.45) is 0 Å². The Morgan fingerprint density at radius 1 is 1.71 bits per heavy atom. The van der Waals surface area contributed by atoms with Crippen molar-refractivity contribution in [3.8, 4) is 0 Å². The summed E-state index contributed by atoms with van der Waals surface area (Å²) in [6.45, 7) is 5.25. The molecule has 0 aromatic carbocycles. The summed E-state index contributed by atoms with van der Waals surface area (Å²) in [4.78, 5) is 0. The fourth-order valence-electron chi connectivity index (χ4n) is 0. The van der Waals surface area contributed by atoms with Crippen molar-refractivity contribution in [1.29, 1.82) is 4.78 Å². The highest BCUT2D eigenvalue weighted by molar-refractivity contribution is 7.60. The SMILES string of the molecule is C=CC.N=S(=O)=O. The number of hydrogen-bond donors (Lipinski definition) is 1. The maximum absolute atomic E-state index is 8.67. The summed E-state index contributed by atoms with van der Waals surface area (Å²) in [5, 5.41) is 0. The van der Waals surface area contributed by atoms with E-state index in [1.807, 2.05) is 6.92 Å². The highest BCUT2D eigenvalue weighted by Gasteiger charge is 1.32. The topological polar surface area (TPSA) is 58.0 Å². The molecule has 0 aromatic heterocycles. The maximum Gasteiger partial charge on any atom is 0.308 e. The first kappa shape index (κ1) is 9.61. The van der Waals surface area contributed by atoms with Crippen molar-refractivity contribution in [3.63, 3.8) is 0 Å². The third-order valence-corrected chi connectivity index (χ3v) is 0. The first-order valence-corrected chi connectivity index (χ1v) is 2.60. The molecule has 4 heteroatoms. The van der Waals surface area contributed by atoms with Crippen LogP contribution in [-0.2, 0) is 10.5 Å². The molecular weight excluding hydrogens is 114 g/mol. The van der Waals surface area contributed by atoms with Gasteiger partial charge in [0.2, 0.25) is 0 Å².